The van der Waals surface area contributed by atoms with Gasteiger partial charge in [0.05, 0.1) is 0 Å². The first kappa shape index (κ1) is 15.8. The van der Waals surface area contributed by atoms with E-state index >= 15 is 0 Å². The number of rotatable bonds is 5. The summed E-state index contributed by atoms with van der Waals surface area (Å²) in [5, 5.41) is 20.4. The third-order valence-electron chi connectivity index (χ3n) is 3.59. The van der Waals surface area contributed by atoms with E-state index in [1.165, 1.54) is 0 Å². The molecule has 0 aromatic rings. The van der Waals surface area contributed by atoms with Crippen molar-refractivity contribution in [3.63, 3.8) is 0 Å². The minimum atomic E-state index is -1.41. The van der Waals surface area contributed by atoms with Crippen LogP contribution in [0.1, 0.15) is 45.4 Å². The highest BCUT2D eigenvalue weighted by atomic mass is 16.4. The van der Waals surface area contributed by atoms with Crippen molar-refractivity contribution in [3.05, 3.63) is 0 Å². The number of carbonyl (C=O) groups excluding carboxylic acids is 1. The SMILES string of the molecule is CCC1CCCCCN1C(=O)NCC[C@H](O)C(=O)O. The second-order valence-electron chi connectivity index (χ2n) is 4.98. The van der Waals surface area contributed by atoms with Crippen molar-refractivity contribution in [2.24, 2.45) is 0 Å². The van der Waals surface area contributed by atoms with Crippen LogP contribution in [0.25, 0.3) is 0 Å². The molecule has 1 aliphatic heterocycles. The first-order valence-electron chi connectivity index (χ1n) is 7.01. The Labute approximate surface area is 113 Å². The third-order valence-corrected chi connectivity index (χ3v) is 3.59. The number of nitrogens with zero attached hydrogens (tertiary/aromatic N) is 1. The van der Waals surface area contributed by atoms with Gasteiger partial charge in [0.2, 0.25) is 0 Å². The molecule has 0 radical (unpaired) electrons. The lowest BCUT2D eigenvalue weighted by molar-refractivity contribution is -0.146. The number of likely N-dealkylation sites (tertiary alicyclic amines) is 1. The maximum atomic E-state index is 12.1. The largest absolute Gasteiger partial charge is 0.479 e. The number of amides is 2. The molecule has 0 aliphatic carbocycles. The van der Waals surface area contributed by atoms with Gasteiger partial charge < -0.3 is 20.4 Å². The number of nitrogens with one attached hydrogen (secondary N) is 1. The zero-order valence-corrected chi connectivity index (χ0v) is 11.5. The van der Waals surface area contributed by atoms with E-state index in [0.717, 1.165) is 38.6 Å². The number of hydrogen-bond acceptors (Lipinski definition) is 3. The van der Waals surface area contributed by atoms with E-state index < -0.39 is 12.1 Å². The predicted octanol–water partition coefficient (Wildman–Crippen LogP) is 1.19. The second kappa shape index (κ2) is 7.99. The van der Waals surface area contributed by atoms with Crippen molar-refractivity contribution >= 4 is 12.0 Å². The fraction of sp³-hybridized carbons (Fsp3) is 0.846. The fourth-order valence-electron chi connectivity index (χ4n) is 2.41. The number of aliphatic hydroxyl groups is 1. The van der Waals surface area contributed by atoms with Gasteiger partial charge in [-0.2, -0.15) is 0 Å². The van der Waals surface area contributed by atoms with Crippen molar-refractivity contribution in [3.8, 4) is 0 Å². The minimum absolute atomic E-state index is 0.0334. The number of carbonyl (C=O) groups is 2. The summed E-state index contributed by atoms with van der Waals surface area (Å²) in [6.45, 7) is 3.01. The standard InChI is InChI=1S/C13H24N2O4/c1-2-10-6-4-3-5-9-15(10)13(19)14-8-7-11(16)12(17)18/h10-11,16H,2-9H2,1H3,(H,14,19)(H,17,18)/t10?,11-/m0/s1. The Kier molecular flexibility index (Phi) is 6.62. The van der Waals surface area contributed by atoms with Gasteiger partial charge in [0.15, 0.2) is 6.10 Å². The Bertz CT molecular complexity index is 309. The molecule has 6 nitrogen and oxygen atoms in total. The van der Waals surface area contributed by atoms with E-state index in [9.17, 15) is 9.59 Å². The normalized spacial score (nSPS) is 21.6. The molecule has 0 bridgehead atoms. The summed E-state index contributed by atoms with van der Waals surface area (Å²) in [6.07, 6.45) is 3.91. The highest BCUT2D eigenvalue weighted by Gasteiger charge is 2.24. The summed E-state index contributed by atoms with van der Waals surface area (Å²) in [4.78, 5) is 24.4. The first-order chi connectivity index (χ1) is 9.06. The summed E-state index contributed by atoms with van der Waals surface area (Å²) in [7, 11) is 0. The van der Waals surface area contributed by atoms with E-state index in [0.29, 0.717) is 0 Å². The van der Waals surface area contributed by atoms with Gasteiger partial charge in [-0.3, -0.25) is 0 Å². The number of aliphatic carboxylic acids is 1. The molecule has 1 fully saturated rings. The van der Waals surface area contributed by atoms with Crippen LogP contribution < -0.4 is 5.32 Å². The number of carboxylic acid groups (broad SMARTS) is 1. The van der Waals surface area contributed by atoms with Crippen LogP contribution in [-0.2, 0) is 4.79 Å². The Morgan fingerprint density at radius 2 is 2.11 bits per heavy atom. The van der Waals surface area contributed by atoms with Crippen LogP contribution in [-0.4, -0.2) is 52.3 Å². The quantitative estimate of drug-likeness (QED) is 0.701. The van der Waals surface area contributed by atoms with Gasteiger partial charge in [0.1, 0.15) is 0 Å². The maximum absolute atomic E-state index is 12.1. The summed E-state index contributed by atoms with van der Waals surface area (Å²) >= 11 is 0. The Morgan fingerprint density at radius 3 is 2.74 bits per heavy atom. The monoisotopic (exact) mass is 272 g/mol. The Morgan fingerprint density at radius 1 is 1.37 bits per heavy atom. The van der Waals surface area contributed by atoms with Crippen molar-refractivity contribution in [1.29, 1.82) is 0 Å². The average molecular weight is 272 g/mol. The molecule has 6 heteroatoms. The topological polar surface area (TPSA) is 89.9 Å². The van der Waals surface area contributed by atoms with E-state index in [4.69, 9.17) is 10.2 Å². The van der Waals surface area contributed by atoms with Crippen molar-refractivity contribution < 1.29 is 19.8 Å². The molecular weight excluding hydrogens is 248 g/mol. The van der Waals surface area contributed by atoms with Crippen LogP contribution in [0.3, 0.4) is 0 Å². The third kappa shape index (κ3) is 5.06. The molecule has 1 heterocycles. The number of carboxylic acids is 1. The van der Waals surface area contributed by atoms with Crippen LogP contribution in [0.5, 0.6) is 0 Å². The Hall–Kier alpha value is -1.30. The number of urea groups is 1. The molecule has 1 unspecified atom stereocenters. The summed E-state index contributed by atoms with van der Waals surface area (Å²) in [5.74, 6) is -1.25. The zero-order chi connectivity index (χ0) is 14.3. The second-order valence-corrected chi connectivity index (χ2v) is 4.98. The van der Waals surface area contributed by atoms with Crippen LogP contribution >= 0.6 is 0 Å². The zero-order valence-electron chi connectivity index (χ0n) is 11.5. The van der Waals surface area contributed by atoms with Crippen LogP contribution in [0.15, 0.2) is 0 Å². The van der Waals surface area contributed by atoms with Crippen molar-refractivity contribution in [2.75, 3.05) is 13.1 Å². The maximum Gasteiger partial charge on any atom is 0.332 e. The van der Waals surface area contributed by atoms with E-state index in [-0.39, 0.29) is 25.0 Å². The molecule has 19 heavy (non-hydrogen) atoms. The van der Waals surface area contributed by atoms with Gasteiger partial charge >= 0.3 is 12.0 Å². The molecule has 0 spiro atoms. The summed E-state index contributed by atoms with van der Waals surface area (Å²) < 4.78 is 0. The molecule has 110 valence electrons. The molecule has 2 amide bonds. The smallest absolute Gasteiger partial charge is 0.332 e. The van der Waals surface area contributed by atoms with Gasteiger partial charge in [0, 0.05) is 25.6 Å². The summed E-state index contributed by atoms with van der Waals surface area (Å²) in [6, 6.07) is 0.123. The predicted molar refractivity (Wildman–Crippen MR) is 70.9 cm³/mol. The van der Waals surface area contributed by atoms with Gasteiger partial charge in [0.25, 0.3) is 0 Å². The molecule has 3 N–H and O–H groups in total. The highest BCUT2D eigenvalue weighted by molar-refractivity contribution is 5.75. The molecule has 0 aromatic heterocycles. The van der Waals surface area contributed by atoms with E-state index in [1.54, 1.807) is 0 Å². The molecular formula is C13H24N2O4. The van der Waals surface area contributed by atoms with E-state index in [1.807, 2.05) is 4.90 Å². The van der Waals surface area contributed by atoms with Gasteiger partial charge in [-0.05, 0) is 19.3 Å². The van der Waals surface area contributed by atoms with Gasteiger partial charge in [-0.25, -0.2) is 9.59 Å². The molecule has 1 aliphatic rings. The van der Waals surface area contributed by atoms with Crippen LogP contribution in [0.4, 0.5) is 4.79 Å². The minimum Gasteiger partial charge on any atom is -0.479 e. The number of hydrogen-bond donors (Lipinski definition) is 3. The lowest BCUT2D eigenvalue weighted by atomic mass is 10.1. The molecule has 2 atom stereocenters. The molecule has 1 rings (SSSR count). The first-order valence-corrected chi connectivity index (χ1v) is 7.01. The van der Waals surface area contributed by atoms with Crippen molar-refractivity contribution in [2.45, 2.75) is 57.6 Å². The lowest BCUT2D eigenvalue weighted by Gasteiger charge is -2.29. The van der Waals surface area contributed by atoms with E-state index in [2.05, 4.69) is 12.2 Å². The Balaban J connectivity index is 2.39. The van der Waals surface area contributed by atoms with Crippen LogP contribution in [0.2, 0.25) is 0 Å². The number of aliphatic hydroxyl groups excluding tert-OH is 1. The van der Waals surface area contributed by atoms with Gasteiger partial charge in [-0.1, -0.05) is 19.8 Å². The average Bonchev–Trinajstić information content (AvgIpc) is 2.63. The van der Waals surface area contributed by atoms with Crippen LogP contribution in [0, 0.1) is 0 Å². The molecule has 0 saturated carbocycles. The highest BCUT2D eigenvalue weighted by Crippen LogP contribution is 2.18. The molecule has 0 aromatic carbocycles. The molecule has 1 saturated heterocycles. The van der Waals surface area contributed by atoms with Gasteiger partial charge in [-0.15, -0.1) is 0 Å². The van der Waals surface area contributed by atoms with Crippen molar-refractivity contribution in [1.82, 2.24) is 10.2 Å². The summed E-state index contributed by atoms with van der Waals surface area (Å²) in [5.41, 5.74) is 0. The lowest BCUT2D eigenvalue weighted by Crippen LogP contribution is -2.46. The fourth-order valence-corrected chi connectivity index (χ4v) is 2.41.